The Hall–Kier alpha value is -4.62. The molecule has 222 valence electrons. The van der Waals surface area contributed by atoms with Crippen molar-refractivity contribution >= 4 is 23.8 Å². The number of hydrogen-bond donors (Lipinski definition) is 4. The largest absolute Gasteiger partial charge is 0.377 e. The Kier molecular flexibility index (Phi) is 12.5. The lowest BCUT2D eigenvalue weighted by Gasteiger charge is -2.12. The fourth-order valence-electron chi connectivity index (χ4n) is 3.81. The maximum atomic E-state index is 13.6. The van der Waals surface area contributed by atoms with Gasteiger partial charge in [-0.05, 0) is 36.2 Å². The van der Waals surface area contributed by atoms with E-state index in [-0.39, 0.29) is 11.7 Å². The number of aromatic nitrogens is 5. The third-order valence-electron chi connectivity index (χ3n) is 5.88. The molecule has 2 aromatic carbocycles. The molecule has 0 unspecified atom stereocenters. The second-order valence-corrected chi connectivity index (χ2v) is 9.14. The Balaban J connectivity index is 1.15. The molecule has 0 aliphatic heterocycles. The fraction of sp³-hybridized carbons (Fsp3) is 0.345. The van der Waals surface area contributed by atoms with Crippen LogP contribution in [0, 0.1) is 5.82 Å². The third-order valence-corrected chi connectivity index (χ3v) is 5.88. The number of anilines is 3. The summed E-state index contributed by atoms with van der Waals surface area (Å²) < 4.78 is 26.7. The van der Waals surface area contributed by atoms with Gasteiger partial charge in [0.1, 0.15) is 5.82 Å². The summed E-state index contributed by atoms with van der Waals surface area (Å²) in [5.74, 6) is 0.752. The lowest BCUT2D eigenvalue weighted by molar-refractivity contribution is 0.0519. The SMILES string of the molecule is O=C(NCCOCCOCCNc1nc(NCCCn2ccnc2)nc(NCc2cccc(F)c2)n1)c1ccccc1. The Morgan fingerprint density at radius 2 is 1.52 bits per heavy atom. The van der Waals surface area contributed by atoms with E-state index in [1.165, 1.54) is 12.1 Å². The zero-order valence-corrected chi connectivity index (χ0v) is 23.3. The van der Waals surface area contributed by atoms with Crippen LogP contribution in [0.15, 0.2) is 73.3 Å². The number of hydrogen-bond acceptors (Lipinski definition) is 10. The minimum Gasteiger partial charge on any atom is -0.377 e. The van der Waals surface area contributed by atoms with Gasteiger partial charge in [-0.25, -0.2) is 9.37 Å². The van der Waals surface area contributed by atoms with E-state index in [4.69, 9.17) is 9.47 Å². The van der Waals surface area contributed by atoms with Crippen molar-refractivity contribution in [3.63, 3.8) is 0 Å². The van der Waals surface area contributed by atoms with E-state index in [2.05, 4.69) is 41.2 Å². The summed E-state index contributed by atoms with van der Waals surface area (Å²) in [4.78, 5) is 29.4. The van der Waals surface area contributed by atoms with Crippen molar-refractivity contribution < 1.29 is 18.7 Å². The molecule has 0 aliphatic carbocycles. The summed E-state index contributed by atoms with van der Waals surface area (Å²) in [7, 11) is 0. The molecule has 4 aromatic rings. The van der Waals surface area contributed by atoms with E-state index in [0.29, 0.717) is 76.0 Å². The molecule has 0 saturated carbocycles. The van der Waals surface area contributed by atoms with Crippen molar-refractivity contribution in [2.75, 3.05) is 62.0 Å². The van der Waals surface area contributed by atoms with E-state index in [9.17, 15) is 9.18 Å². The molecule has 0 radical (unpaired) electrons. The smallest absolute Gasteiger partial charge is 0.251 e. The standard InChI is InChI=1S/C29H36FN9O3/c30-25-9-4-6-23(20-25)21-35-29-37-27(33-10-5-14-39-15-11-31-22-39)36-28(38-29)34-13-17-42-19-18-41-16-12-32-26(40)24-7-2-1-3-8-24/h1-4,6-9,11,15,20,22H,5,10,12-14,16-19,21H2,(H,32,40)(H3,33,34,35,36,37,38). The van der Waals surface area contributed by atoms with Crippen LogP contribution in [-0.4, -0.2) is 76.5 Å². The molecule has 0 fully saturated rings. The average Bonchev–Trinajstić information content (AvgIpc) is 3.53. The molecule has 0 spiro atoms. The van der Waals surface area contributed by atoms with Gasteiger partial charge in [-0.15, -0.1) is 0 Å². The van der Waals surface area contributed by atoms with Crippen molar-refractivity contribution in [1.29, 1.82) is 0 Å². The van der Waals surface area contributed by atoms with Gasteiger partial charge < -0.3 is 35.3 Å². The van der Waals surface area contributed by atoms with Crippen molar-refractivity contribution in [2.45, 2.75) is 19.5 Å². The molecule has 0 aliphatic rings. The van der Waals surface area contributed by atoms with Gasteiger partial charge in [0.15, 0.2) is 0 Å². The highest BCUT2D eigenvalue weighted by molar-refractivity contribution is 5.94. The Labute approximate surface area is 244 Å². The molecule has 13 heteroatoms. The zero-order chi connectivity index (χ0) is 29.2. The summed E-state index contributed by atoms with van der Waals surface area (Å²) in [6.07, 6.45) is 6.30. The summed E-state index contributed by atoms with van der Waals surface area (Å²) >= 11 is 0. The summed E-state index contributed by atoms with van der Waals surface area (Å²) in [5.41, 5.74) is 1.39. The topological polar surface area (TPSA) is 140 Å². The zero-order valence-electron chi connectivity index (χ0n) is 23.3. The van der Waals surface area contributed by atoms with Crippen LogP contribution in [0.3, 0.4) is 0 Å². The lowest BCUT2D eigenvalue weighted by atomic mass is 10.2. The van der Waals surface area contributed by atoms with Gasteiger partial charge in [0.05, 0.1) is 32.8 Å². The first-order valence-electron chi connectivity index (χ1n) is 13.8. The number of imidazole rings is 1. The van der Waals surface area contributed by atoms with Crippen LogP contribution in [0.4, 0.5) is 22.2 Å². The summed E-state index contributed by atoms with van der Waals surface area (Å²) in [5, 5.41) is 12.3. The number of rotatable bonds is 19. The Morgan fingerprint density at radius 1 is 0.810 bits per heavy atom. The molecule has 2 heterocycles. The molecule has 0 saturated heterocycles. The van der Waals surface area contributed by atoms with Crippen molar-refractivity contribution in [3.8, 4) is 0 Å². The molecule has 4 N–H and O–H groups in total. The van der Waals surface area contributed by atoms with Gasteiger partial charge in [-0.3, -0.25) is 4.79 Å². The summed E-state index contributed by atoms with van der Waals surface area (Å²) in [6, 6.07) is 15.4. The second-order valence-electron chi connectivity index (χ2n) is 9.14. The van der Waals surface area contributed by atoms with Crippen LogP contribution in [0.1, 0.15) is 22.3 Å². The number of carbonyl (C=O) groups excluding carboxylic acids is 1. The van der Waals surface area contributed by atoms with Gasteiger partial charge in [0.2, 0.25) is 17.8 Å². The molecular weight excluding hydrogens is 541 g/mol. The van der Waals surface area contributed by atoms with Crippen LogP contribution < -0.4 is 21.3 Å². The van der Waals surface area contributed by atoms with Crippen LogP contribution >= 0.6 is 0 Å². The Bertz CT molecular complexity index is 1340. The second kappa shape index (κ2) is 17.3. The van der Waals surface area contributed by atoms with E-state index in [1.54, 1.807) is 30.7 Å². The fourth-order valence-corrected chi connectivity index (χ4v) is 3.81. The van der Waals surface area contributed by atoms with Crippen molar-refractivity contribution in [3.05, 3.63) is 90.3 Å². The molecule has 4 rings (SSSR count). The van der Waals surface area contributed by atoms with Crippen LogP contribution in [-0.2, 0) is 22.6 Å². The number of benzene rings is 2. The highest BCUT2D eigenvalue weighted by Gasteiger charge is 2.08. The number of nitrogens with one attached hydrogen (secondary N) is 4. The van der Waals surface area contributed by atoms with E-state index in [1.807, 2.05) is 35.0 Å². The van der Waals surface area contributed by atoms with E-state index >= 15 is 0 Å². The number of nitrogens with zero attached hydrogens (tertiary/aromatic N) is 5. The van der Waals surface area contributed by atoms with Crippen molar-refractivity contribution in [2.24, 2.45) is 0 Å². The number of aryl methyl sites for hydroxylation is 1. The average molecular weight is 578 g/mol. The first-order valence-corrected chi connectivity index (χ1v) is 13.8. The maximum Gasteiger partial charge on any atom is 0.251 e. The van der Waals surface area contributed by atoms with Crippen LogP contribution in [0.5, 0.6) is 0 Å². The van der Waals surface area contributed by atoms with E-state index < -0.39 is 0 Å². The number of halogens is 1. The molecule has 1 amide bonds. The third kappa shape index (κ3) is 11.1. The van der Waals surface area contributed by atoms with Gasteiger partial charge in [0, 0.05) is 50.7 Å². The van der Waals surface area contributed by atoms with Gasteiger partial charge in [-0.2, -0.15) is 15.0 Å². The first kappa shape index (κ1) is 30.3. The molecule has 42 heavy (non-hydrogen) atoms. The van der Waals surface area contributed by atoms with Crippen molar-refractivity contribution in [1.82, 2.24) is 29.8 Å². The quantitative estimate of drug-likeness (QED) is 0.123. The highest BCUT2D eigenvalue weighted by atomic mass is 19.1. The molecule has 2 aromatic heterocycles. The Morgan fingerprint density at radius 3 is 2.24 bits per heavy atom. The van der Waals surface area contributed by atoms with Gasteiger partial charge >= 0.3 is 0 Å². The van der Waals surface area contributed by atoms with Gasteiger partial charge in [-0.1, -0.05) is 30.3 Å². The molecule has 12 nitrogen and oxygen atoms in total. The summed E-state index contributed by atoms with van der Waals surface area (Å²) in [6.45, 7) is 4.37. The predicted molar refractivity (Wildman–Crippen MR) is 158 cm³/mol. The molecule has 0 bridgehead atoms. The van der Waals surface area contributed by atoms with E-state index in [0.717, 1.165) is 18.5 Å². The van der Waals surface area contributed by atoms with Crippen LogP contribution in [0.25, 0.3) is 0 Å². The number of ether oxygens (including phenoxy) is 2. The number of carbonyl (C=O) groups is 1. The number of amides is 1. The monoisotopic (exact) mass is 577 g/mol. The molecular formula is C29H36FN9O3. The lowest BCUT2D eigenvalue weighted by Crippen LogP contribution is -2.27. The predicted octanol–water partition coefficient (Wildman–Crippen LogP) is 3.20. The minimum absolute atomic E-state index is 0.125. The van der Waals surface area contributed by atoms with Gasteiger partial charge in [0.25, 0.3) is 5.91 Å². The first-order chi connectivity index (χ1) is 20.7. The van der Waals surface area contributed by atoms with Crippen LogP contribution in [0.2, 0.25) is 0 Å². The minimum atomic E-state index is -0.298. The maximum absolute atomic E-state index is 13.6. The molecule has 0 atom stereocenters. The highest BCUT2D eigenvalue weighted by Crippen LogP contribution is 2.12. The normalized spacial score (nSPS) is 10.8.